The smallest absolute Gasteiger partial charge is 0.214 e. The molecule has 3 rings (SSSR count). The predicted molar refractivity (Wildman–Crippen MR) is 90.9 cm³/mol. The molecule has 1 aromatic carbocycles. The van der Waals surface area contributed by atoms with E-state index in [9.17, 15) is 17.2 Å². The van der Waals surface area contributed by atoms with Crippen LogP contribution in [0.5, 0.6) is 0 Å². The maximum atomic E-state index is 13.6. The minimum absolute atomic E-state index is 0.0615. The van der Waals surface area contributed by atoms with Gasteiger partial charge in [0.05, 0.1) is 11.9 Å². The third kappa shape index (κ3) is 4.97. The van der Waals surface area contributed by atoms with Gasteiger partial charge in [-0.1, -0.05) is 6.07 Å². The summed E-state index contributed by atoms with van der Waals surface area (Å²) in [5, 5.41) is 3.16. The van der Waals surface area contributed by atoms with Crippen LogP contribution < -0.4 is 10.0 Å². The van der Waals surface area contributed by atoms with E-state index in [1.807, 2.05) is 0 Å². The van der Waals surface area contributed by atoms with Crippen LogP contribution in [-0.2, 0) is 14.8 Å². The number of rotatable bonds is 5. The van der Waals surface area contributed by atoms with E-state index in [4.69, 9.17) is 4.74 Å². The fourth-order valence-corrected chi connectivity index (χ4v) is 5.14. The van der Waals surface area contributed by atoms with Gasteiger partial charge < -0.3 is 10.1 Å². The van der Waals surface area contributed by atoms with Crippen LogP contribution in [-0.4, -0.2) is 46.0 Å². The van der Waals surface area contributed by atoms with Gasteiger partial charge in [-0.3, -0.25) is 0 Å². The summed E-state index contributed by atoms with van der Waals surface area (Å²) in [4.78, 5) is 0. The van der Waals surface area contributed by atoms with Crippen molar-refractivity contribution < 1.29 is 21.9 Å². The summed E-state index contributed by atoms with van der Waals surface area (Å²) >= 11 is 0. The lowest BCUT2D eigenvalue weighted by Crippen LogP contribution is -2.51. The highest BCUT2D eigenvalue weighted by atomic mass is 32.2. The second-order valence-electron chi connectivity index (χ2n) is 6.77. The van der Waals surface area contributed by atoms with Gasteiger partial charge in [-0.2, -0.15) is 0 Å². The summed E-state index contributed by atoms with van der Waals surface area (Å²) < 4.78 is 60.0. The number of piperidine rings is 1. The molecule has 3 unspecified atom stereocenters. The molecule has 2 fully saturated rings. The average molecular weight is 374 g/mol. The summed E-state index contributed by atoms with van der Waals surface area (Å²) in [5.41, 5.74) is 0.613. The highest BCUT2D eigenvalue weighted by Gasteiger charge is 2.32. The van der Waals surface area contributed by atoms with Crippen LogP contribution in [0.4, 0.5) is 8.78 Å². The van der Waals surface area contributed by atoms with Crippen LogP contribution >= 0.6 is 0 Å². The van der Waals surface area contributed by atoms with Gasteiger partial charge in [0, 0.05) is 25.1 Å². The molecule has 1 aromatic rings. The molecular weight excluding hydrogens is 350 g/mol. The second kappa shape index (κ2) is 8.07. The van der Waals surface area contributed by atoms with Crippen molar-refractivity contribution in [3.63, 3.8) is 0 Å². The Bertz CT molecular complexity index is 693. The molecule has 25 heavy (non-hydrogen) atoms. The Hall–Kier alpha value is -1.09. The van der Waals surface area contributed by atoms with Crippen LogP contribution in [0.3, 0.4) is 0 Å². The van der Waals surface area contributed by atoms with Crippen molar-refractivity contribution in [2.75, 3.05) is 25.4 Å². The normalized spacial score (nSPS) is 28.0. The minimum Gasteiger partial charge on any atom is -0.377 e. The third-order valence-corrected chi connectivity index (χ3v) is 6.34. The molecule has 0 radical (unpaired) electrons. The Balaban J connectivity index is 1.70. The highest BCUT2D eigenvalue weighted by Crippen LogP contribution is 2.27. The molecule has 0 saturated carbocycles. The van der Waals surface area contributed by atoms with Crippen LogP contribution in [0.25, 0.3) is 0 Å². The SMILES string of the molecule is O=S(=O)(CC1CCCCO1)NC1CNCCC1c1ccc(F)c(F)c1. The number of ether oxygens (including phenoxy) is 1. The number of hydrogen-bond donors (Lipinski definition) is 2. The van der Waals surface area contributed by atoms with E-state index in [1.165, 1.54) is 6.07 Å². The van der Waals surface area contributed by atoms with Gasteiger partial charge >= 0.3 is 0 Å². The summed E-state index contributed by atoms with van der Waals surface area (Å²) in [6.45, 7) is 1.75. The molecule has 0 amide bonds. The van der Waals surface area contributed by atoms with E-state index in [2.05, 4.69) is 10.0 Å². The zero-order valence-corrected chi connectivity index (χ0v) is 14.8. The minimum atomic E-state index is -3.52. The van der Waals surface area contributed by atoms with Crippen LogP contribution in [0, 0.1) is 11.6 Å². The van der Waals surface area contributed by atoms with Crippen molar-refractivity contribution in [3.05, 3.63) is 35.4 Å². The van der Waals surface area contributed by atoms with Gasteiger partial charge in [0.25, 0.3) is 0 Å². The molecule has 0 aliphatic carbocycles. The first-order valence-corrected chi connectivity index (χ1v) is 10.4. The standard InChI is InChI=1S/C17H24F2N2O3S/c18-15-5-4-12(9-16(15)19)14-6-7-20-10-17(14)21-25(22,23)11-13-3-1-2-8-24-13/h4-5,9,13-14,17,20-21H,1-3,6-8,10-11H2. The first-order valence-electron chi connectivity index (χ1n) is 8.72. The van der Waals surface area contributed by atoms with Crippen molar-refractivity contribution >= 4 is 10.0 Å². The Labute approximate surface area is 147 Å². The van der Waals surface area contributed by atoms with Gasteiger partial charge in [0.2, 0.25) is 10.0 Å². The van der Waals surface area contributed by atoms with Crippen molar-refractivity contribution in [1.82, 2.24) is 10.0 Å². The Morgan fingerprint density at radius 3 is 2.76 bits per heavy atom. The summed E-state index contributed by atoms with van der Waals surface area (Å²) in [5.74, 6) is -2.07. The number of hydrogen-bond acceptors (Lipinski definition) is 4. The van der Waals surface area contributed by atoms with Crippen LogP contribution in [0.1, 0.15) is 37.2 Å². The fraction of sp³-hybridized carbons (Fsp3) is 0.647. The summed E-state index contributed by atoms with van der Waals surface area (Å²) in [6.07, 6.45) is 3.07. The van der Waals surface area contributed by atoms with Gasteiger partial charge in [-0.15, -0.1) is 0 Å². The topological polar surface area (TPSA) is 67.4 Å². The molecule has 2 saturated heterocycles. The van der Waals surface area contributed by atoms with Crippen molar-refractivity contribution in [2.45, 2.75) is 43.7 Å². The molecule has 0 spiro atoms. The molecular formula is C17H24F2N2O3S. The predicted octanol–water partition coefficient (Wildman–Crippen LogP) is 1.90. The Morgan fingerprint density at radius 1 is 1.20 bits per heavy atom. The first-order chi connectivity index (χ1) is 11.9. The maximum absolute atomic E-state index is 13.6. The molecule has 5 nitrogen and oxygen atoms in total. The van der Waals surface area contributed by atoms with E-state index >= 15 is 0 Å². The van der Waals surface area contributed by atoms with E-state index in [-0.39, 0.29) is 17.8 Å². The molecule has 8 heteroatoms. The number of halogens is 2. The Kier molecular flexibility index (Phi) is 6.04. The van der Waals surface area contributed by atoms with Gasteiger partial charge in [-0.05, 0) is 49.9 Å². The van der Waals surface area contributed by atoms with E-state index in [1.54, 1.807) is 0 Å². The summed E-state index contributed by atoms with van der Waals surface area (Å²) in [7, 11) is -3.52. The maximum Gasteiger partial charge on any atom is 0.214 e. The third-order valence-electron chi connectivity index (χ3n) is 4.86. The van der Waals surface area contributed by atoms with E-state index in [0.29, 0.717) is 31.7 Å². The molecule has 0 aromatic heterocycles. The molecule has 2 aliphatic heterocycles. The lowest BCUT2D eigenvalue weighted by Gasteiger charge is -2.33. The lowest BCUT2D eigenvalue weighted by molar-refractivity contribution is 0.0303. The van der Waals surface area contributed by atoms with Crippen molar-refractivity contribution in [2.24, 2.45) is 0 Å². The van der Waals surface area contributed by atoms with Crippen molar-refractivity contribution in [1.29, 1.82) is 0 Å². The molecule has 140 valence electrons. The highest BCUT2D eigenvalue weighted by molar-refractivity contribution is 7.89. The van der Waals surface area contributed by atoms with Crippen LogP contribution in [0.15, 0.2) is 18.2 Å². The van der Waals surface area contributed by atoms with Crippen LogP contribution in [0.2, 0.25) is 0 Å². The first kappa shape index (κ1) is 18.7. The summed E-state index contributed by atoms with van der Waals surface area (Å²) in [6, 6.07) is 3.39. The molecule has 0 bridgehead atoms. The zero-order valence-electron chi connectivity index (χ0n) is 14.0. The molecule has 2 heterocycles. The van der Waals surface area contributed by atoms with E-state index < -0.39 is 27.7 Å². The van der Waals surface area contributed by atoms with Crippen molar-refractivity contribution in [3.8, 4) is 0 Å². The molecule has 2 N–H and O–H groups in total. The molecule has 3 atom stereocenters. The number of benzene rings is 1. The quantitative estimate of drug-likeness (QED) is 0.826. The fourth-order valence-electron chi connectivity index (χ4n) is 3.59. The molecule has 2 aliphatic rings. The lowest BCUT2D eigenvalue weighted by atomic mass is 9.86. The van der Waals surface area contributed by atoms with Gasteiger partial charge in [-0.25, -0.2) is 21.9 Å². The largest absolute Gasteiger partial charge is 0.377 e. The average Bonchev–Trinajstić information content (AvgIpc) is 2.58. The number of sulfonamides is 1. The van der Waals surface area contributed by atoms with Gasteiger partial charge in [0.1, 0.15) is 0 Å². The Morgan fingerprint density at radius 2 is 2.04 bits per heavy atom. The monoisotopic (exact) mass is 374 g/mol. The van der Waals surface area contributed by atoms with E-state index in [0.717, 1.165) is 31.4 Å². The van der Waals surface area contributed by atoms with Gasteiger partial charge in [0.15, 0.2) is 11.6 Å². The zero-order chi connectivity index (χ0) is 17.9. The second-order valence-corrected chi connectivity index (χ2v) is 8.57. The number of nitrogens with one attached hydrogen (secondary N) is 2.